The molecule has 2 aromatic rings. The maximum atomic E-state index is 11.8. The summed E-state index contributed by atoms with van der Waals surface area (Å²) in [6.45, 7) is 1.97. The summed E-state index contributed by atoms with van der Waals surface area (Å²) in [7, 11) is 0. The third kappa shape index (κ3) is 3.08. The van der Waals surface area contributed by atoms with Gasteiger partial charge in [0.05, 0.1) is 5.69 Å². The van der Waals surface area contributed by atoms with E-state index in [4.69, 9.17) is 5.73 Å². The Bertz CT molecular complexity index is 565. The van der Waals surface area contributed by atoms with Gasteiger partial charge < -0.3 is 5.73 Å². The number of aromatic nitrogens is 2. The molecule has 5 heteroatoms. The Kier molecular flexibility index (Phi) is 3.81. The smallest absolute Gasteiger partial charge is 0.258 e. The van der Waals surface area contributed by atoms with Crippen molar-refractivity contribution in [2.24, 2.45) is 5.73 Å². The second-order valence-corrected chi connectivity index (χ2v) is 5.04. The van der Waals surface area contributed by atoms with E-state index >= 15 is 0 Å². The van der Waals surface area contributed by atoms with Crippen molar-refractivity contribution < 1.29 is 0 Å². The Balaban J connectivity index is 2.22. The van der Waals surface area contributed by atoms with Crippen LogP contribution in [-0.2, 0) is 5.75 Å². The van der Waals surface area contributed by atoms with Gasteiger partial charge in [-0.15, -0.1) is 0 Å². The van der Waals surface area contributed by atoms with Crippen LogP contribution >= 0.6 is 11.8 Å². The predicted octanol–water partition coefficient (Wildman–Crippen LogP) is 1.27. The molecule has 0 aromatic carbocycles. The second-order valence-electron chi connectivity index (χ2n) is 4.01. The lowest BCUT2D eigenvalue weighted by Gasteiger charge is -2.05. The van der Waals surface area contributed by atoms with Crippen molar-refractivity contribution in [3.8, 4) is 0 Å². The molecule has 0 bridgehead atoms. The lowest BCUT2D eigenvalue weighted by atomic mass is 10.4. The van der Waals surface area contributed by atoms with E-state index in [0.717, 1.165) is 17.2 Å². The van der Waals surface area contributed by atoms with Crippen molar-refractivity contribution in [3.05, 3.63) is 46.5 Å². The highest BCUT2D eigenvalue weighted by Gasteiger charge is 2.02. The van der Waals surface area contributed by atoms with Crippen LogP contribution in [0.2, 0.25) is 0 Å². The van der Waals surface area contributed by atoms with Crippen molar-refractivity contribution in [2.75, 3.05) is 5.75 Å². The highest BCUT2D eigenvalue weighted by atomic mass is 32.2. The first-order chi connectivity index (χ1) is 8.16. The number of nitrogens with two attached hydrogens (primary N) is 1. The molecule has 0 aliphatic carbocycles. The van der Waals surface area contributed by atoms with Gasteiger partial charge in [-0.25, -0.2) is 4.98 Å². The minimum absolute atomic E-state index is 0.0352. The third-order valence-electron chi connectivity index (χ3n) is 2.25. The molecule has 0 saturated carbocycles. The normalized spacial score (nSPS) is 12.8. The van der Waals surface area contributed by atoms with E-state index in [1.807, 2.05) is 25.1 Å². The van der Waals surface area contributed by atoms with Crippen molar-refractivity contribution in [1.82, 2.24) is 9.38 Å². The van der Waals surface area contributed by atoms with Crippen LogP contribution in [0.1, 0.15) is 12.6 Å². The maximum Gasteiger partial charge on any atom is 0.258 e. The van der Waals surface area contributed by atoms with Gasteiger partial charge in [-0.2, -0.15) is 11.8 Å². The molecule has 0 radical (unpaired) electrons. The molecule has 0 amide bonds. The summed E-state index contributed by atoms with van der Waals surface area (Å²) in [5.74, 6) is 1.60. The number of hydrogen-bond acceptors (Lipinski definition) is 4. The molecular formula is C12H15N3OS. The van der Waals surface area contributed by atoms with Crippen LogP contribution in [-0.4, -0.2) is 21.2 Å². The van der Waals surface area contributed by atoms with Crippen LogP contribution in [0.3, 0.4) is 0 Å². The molecule has 0 aliphatic heterocycles. The van der Waals surface area contributed by atoms with E-state index in [2.05, 4.69) is 4.98 Å². The highest BCUT2D eigenvalue weighted by Crippen LogP contribution is 2.10. The van der Waals surface area contributed by atoms with Gasteiger partial charge in [0, 0.05) is 29.8 Å². The second kappa shape index (κ2) is 5.33. The summed E-state index contributed by atoms with van der Waals surface area (Å²) in [6, 6.07) is 7.28. The number of fused-ring (bicyclic) bond motifs is 1. The Morgan fingerprint density at radius 3 is 3.12 bits per heavy atom. The zero-order chi connectivity index (χ0) is 12.3. The molecule has 2 rings (SSSR count). The number of thioether (sulfide) groups is 1. The van der Waals surface area contributed by atoms with Crippen LogP contribution in [0.15, 0.2) is 35.3 Å². The first-order valence-electron chi connectivity index (χ1n) is 5.47. The van der Waals surface area contributed by atoms with Crippen molar-refractivity contribution in [2.45, 2.75) is 18.7 Å². The standard InChI is InChI=1S/C12H15N3OS/c1-9(13)7-17-8-10-6-12(16)15-5-3-2-4-11(15)14-10/h2-6,9H,7-8,13H2,1H3. The number of nitrogens with zero attached hydrogens (tertiary/aromatic N) is 2. The zero-order valence-corrected chi connectivity index (χ0v) is 10.5. The first-order valence-corrected chi connectivity index (χ1v) is 6.63. The van der Waals surface area contributed by atoms with Gasteiger partial charge in [-0.1, -0.05) is 6.07 Å². The molecule has 0 spiro atoms. The maximum absolute atomic E-state index is 11.8. The fraction of sp³-hybridized carbons (Fsp3) is 0.333. The van der Waals surface area contributed by atoms with Crippen molar-refractivity contribution in [3.63, 3.8) is 0 Å². The quantitative estimate of drug-likeness (QED) is 0.886. The SMILES string of the molecule is CC(N)CSCc1cc(=O)n2ccccc2n1. The summed E-state index contributed by atoms with van der Waals surface area (Å²) in [5.41, 5.74) is 7.14. The molecule has 1 unspecified atom stereocenters. The van der Waals surface area contributed by atoms with Crippen LogP contribution < -0.4 is 11.3 Å². The summed E-state index contributed by atoms with van der Waals surface area (Å²) in [5, 5.41) is 0. The molecule has 2 heterocycles. The number of rotatable bonds is 4. The van der Waals surface area contributed by atoms with Crippen molar-refractivity contribution in [1.29, 1.82) is 0 Å². The van der Waals surface area contributed by atoms with E-state index in [9.17, 15) is 4.79 Å². The highest BCUT2D eigenvalue weighted by molar-refractivity contribution is 7.98. The predicted molar refractivity (Wildman–Crippen MR) is 71.3 cm³/mol. The fourth-order valence-electron chi connectivity index (χ4n) is 1.53. The molecule has 4 nitrogen and oxygen atoms in total. The topological polar surface area (TPSA) is 60.4 Å². The average molecular weight is 249 g/mol. The molecule has 2 N–H and O–H groups in total. The van der Waals surface area contributed by atoms with Gasteiger partial charge in [0.15, 0.2) is 0 Å². The van der Waals surface area contributed by atoms with Gasteiger partial charge in [-0.3, -0.25) is 9.20 Å². The lowest BCUT2D eigenvalue weighted by molar-refractivity contribution is 0.846. The molecular weight excluding hydrogens is 234 g/mol. The third-order valence-corrected chi connectivity index (χ3v) is 3.52. The van der Waals surface area contributed by atoms with E-state index in [1.54, 1.807) is 28.4 Å². The first kappa shape index (κ1) is 12.1. The van der Waals surface area contributed by atoms with E-state index in [0.29, 0.717) is 5.65 Å². The van der Waals surface area contributed by atoms with E-state index in [1.165, 1.54) is 0 Å². The van der Waals surface area contributed by atoms with Gasteiger partial charge in [0.2, 0.25) is 0 Å². The van der Waals surface area contributed by atoms with Crippen LogP contribution in [0, 0.1) is 0 Å². The molecule has 17 heavy (non-hydrogen) atoms. The average Bonchev–Trinajstić information content (AvgIpc) is 2.28. The fourth-order valence-corrected chi connectivity index (χ4v) is 2.37. The molecule has 0 aliphatic rings. The summed E-state index contributed by atoms with van der Waals surface area (Å²) in [4.78, 5) is 16.2. The summed E-state index contributed by atoms with van der Waals surface area (Å²) in [6.07, 6.45) is 1.73. The van der Waals surface area contributed by atoms with Crippen LogP contribution in [0.4, 0.5) is 0 Å². The Hall–Kier alpha value is -1.33. The molecule has 1 atom stereocenters. The van der Waals surface area contributed by atoms with Gasteiger partial charge in [0.1, 0.15) is 5.65 Å². The lowest BCUT2D eigenvalue weighted by Crippen LogP contribution is -2.18. The molecule has 0 fully saturated rings. The number of pyridine rings is 1. The monoisotopic (exact) mass is 249 g/mol. The minimum Gasteiger partial charge on any atom is -0.327 e. The van der Waals surface area contributed by atoms with Crippen molar-refractivity contribution >= 4 is 17.4 Å². The van der Waals surface area contributed by atoms with Gasteiger partial charge >= 0.3 is 0 Å². The largest absolute Gasteiger partial charge is 0.327 e. The summed E-state index contributed by atoms with van der Waals surface area (Å²) >= 11 is 1.70. The summed E-state index contributed by atoms with van der Waals surface area (Å²) < 4.78 is 1.54. The van der Waals surface area contributed by atoms with Gasteiger partial charge in [0.25, 0.3) is 5.56 Å². The number of hydrogen-bond donors (Lipinski definition) is 1. The van der Waals surface area contributed by atoms with Gasteiger partial charge in [-0.05, 0) is 19.1 Å². The Morgan fingerprint density at radius 1 is 1.53 bits per heavy atom. The molecule has 2 aromatic heterocycles. The molecule has 0 saturated heterocycles. The van der Waals surface area contributed by atoms with Crippen LogP contribution in [0.25, 0.3) is 5.65 Å². The Morgan fingerprint density at radius 2 is 2.35 bits per heavy atom. The zero-order valence-electron chi connectivity index (χ0n) is 9.67. The minimum atomic E-state index is -0.0352. The van der Waals surface area contributed by atoms with E-state index in [-0.39, 0.29) is 11.6 Å². The van der Waals surface area contributed by atoms with E-state index < -0.39 is 0 Å². The van der Waals surface area contributed by atoms with Crippen LogP contribution in [0.5, 0.6) is 0 Å². The molecule has 90 valence electrons. The Labute approximate surface area is 104 Å².